The van der Waals surface area contributed by atoms with Gasteiger partial charge in [0.1, 0.15) is 0 Å². The van der Waals surface area contributed by atoms with E-state index in [9.17, 15) is 8.42 Å². The molecule has 6 nitrogen and oxygen atoms in total. The van der Waals surface area contributed by atoms with Crippen molar-refractivity contribution in [1.82, 2.24) is 15.4 Å². The molecule has 154 valence electrons. The van der Waals surface area contributed by atoms with E-state index < -0.39 is 10.0 Å². The molecule has 2 rings (SSSR count). The summed E-state index contributed by atoms with van der Waals surface area (Å²) in [5, 5.41) is 7.09. The molecule has 0 saturated heterocycles. The molecule has 9 heteroatoms. The first-order valence-electron chi connectivity index (χ1n) is 9.18. The number of nitrogens with zero attached hydrogens (tertiary/aromatic N) is 1. The maximum atomic E-state index is 12.1. The molecule has 0 bridgehead atoms. The summed E-state index contributed by atoms with van der Waals surface area (Å²) in [6.45, 7) is 5.39. The fourth-order valence-electron chi connectivity index (χ4n) is 2.72. The second kappa shape index (κ2) is 12.1. The van der Waals surface area contributed by atoms with E-state index in [4.69, 9.17) is 11.6 Å². The molecule has 1 aromatic rings. The van der Waals surface area contributed by atoms with E-state index in [-0.39, 0.29) is 42.3 Å². The highest BCUT2D eigenvalue weighted by Gasteiger charge is 2.20. The van der Waals surface area contributed by atoms with Crippen molar-refractivity contribution in [3.8, 4) is 0 Å². The summed E-state index contributed by atoms with van der Waals surface area (Å²) in [7, 11) is -3.28. The Labute approximate surface area is 185 Å². The summed E-state index contributed by atoms with van der Waals surface area (Å²) in [5.74, 6) is 1.06. The number of sulfonamides is 1. The van der Waals surface area contributed by atoms with Crippen molar-refractivity contribution in [3.05, 3.63) is 34.9 Å². The van der Waals surface area contributed by atoms with Crippen LogP contribution in [0.25, 0.3) is 0 Å². The quantitative estimate of drug-likeness (QED) is 0.261. The molecule has 0 spiro atoms. The van der Waals surface area contributed by atoms with Crippen LogP contribution in [-0.2, 0) is 10.0 Å². The number of guanidine groups is 1. The SMILES string of the molecule is CCNC(=NCCS(=O)(=O)NCC1CCC1)NC(C)c1ccccc1Cl.I. The summed E-state index contributed by atoms with van der Waals surface area (Å²) in [5.41, 5.74) is 0.967. The molecule has 1 fully saturated rings. The first-order valence-corrected chi connectivity index (χ1v) is 11.2. The lowest BCUT2D eigenvalue weighted by molar-refractivity contribution is 0.316. The van der Waals surface area contributed by atoms with Gasteiger partial charge in [-0.1, -0.05) is 36.2 Å². The smallest absolute Gasteiger partial charge is 0.213 e. The molecule has 0 aromatic heterocycles. The molecule has 0 heterocycles. The van der Waals surface area contributed by atoms with Gasteiger partial charge in [-0.2, -0.15) is 0 Å². The second-order valence-corrected chi connectivity index (χ2v) is 8.95. The van der Waals surface area contributed by atoms with Crippen molar-refractivity contribution in [3.63, 3.8) is 0 Å². The van der Waals surface area contributed by atoms with Gasteiger partial charge in [-0.25, -0.2) is 13.1 Å². The van der Waals surface area contributed by atoms with Gasteiger partial charge in [0.05, 0.1) is 18.3 Å². The number of halogens is 2. The maximum absolute atomic E-state index is 12.1. The molecule has 1 saturated carbocycles. The van der Waals surface area contributed by atoms with Crippen molar-refractivity contribution in [1.29, 1.82) is 0 Å². The average Bonchev–Trinajstić information content (AvgIpc) is 2.53. The van der Waals surface area contributed by atoms with Crippen LogP contribution in [0.4, 0.5) is 0 Å². The number of hydrogen-bond acceptors (Lipinski definition) is 3. The van der Waals surface area contributed by atoms with Crippen LogP contribution >= 0.6 is 35.6 Å². The number of rotatable bonds is 9. The van der Waals surface area contributed by atoms with Crippen LogP contribution in [0.15, 0.2) is 29.3 Å². The lowest BCUT2D eigenvalue weighted by Gasteiger charge is -2.25. The predicted molar refractivity (Wildman–Crippen MR) is 124 cm³/mol. The van der Waals surface area contributed by atoms with Gasteiger partial charge in [0.2, 0.25) is 10.0 Å². The van der Waals surface area contributed by atoms with Gasteiger partial charge in [0.25, 0.3) is 0 Å². The van der Waals surface area contributed by atoms with Crippen LogP contribution < -0.4 is 15.4 Å². The Hall–Kier alpha value is -0.580. The Morgan fingerprint density at radius 3 is 2.63 bits per heavy atom. The van der Waals surface area contributed by atoms with E-state index in [1.165, 1.54) is 6.42 Å². The standard InChI is InChI=1S/C18H29ClN4O2S.HI/c1-3-20-18(23-14(2)16-9-4-5-10-17(16)19)21-11-12-26(24,25)22-13-15-7-6-8-15;/h4-5,9-10,14-15,22H,3,6-8,11-13H2,1-2H3,(H2,20,21,23);1H. The van der Waals surface area contributed by atoms with Gasteiger partial charge in [0, 0.05) is 18.1 Å². The third-order valence-electron chi connectivity index (χ3n) is 4.52. The zero-order valence-electron chi connectivity index (χ0n) is 15.9. The summed E-state index contributed by atoms with van der Waals surface area (Å²) in [6.07, 6.45) is 3.45. The Kier molecular flexibility index (Phi) is 10.9. The van der Waals surface area contributed by atoms with Crippen LogP contribution in [-0.4, -0.2) is 39.8 Å². The molecular weight excluding hydrogens is 499 g/mol. The first kappa shape index (κ1) is 24.5. The van der Waals surface area contributed by atoms with Gasteiger partial charge in [-0.05, 0) is 44.2 Å². The molecule has 0 aliphatic heterocycles. The second-order valence-electron chi connectivity index (χ2n) is 6.61. The zero-order valence-corrected chi connectivity index (χ0v) is 19.8. The van der Waals surface area contributed by atoms with Gasteiger partial charge >= 0.3 is 0 Å². The van der Waals surface area contributed by atoms with E-state index in [0.717, 1.165) is 18.4 Å². The molecule has 1 aliphatic rings. The lowest BCUT2D eigenvalue weighted by Crippen LogP contribution is -2.39. The van der Waals surface area contributed by atoms with Crippen molar-refractivity contribution in [2.24, 2.45) is 10.9 Å². The minimum Gasteiger partial charge on any atom is -0.357 e. The molecule has 1 aromatic carbocycles. The molecule has 3 N–H and O–H groups in total. The third kappa shape index (κ3) is 8.53. The average molecular weight is 529 g/mol. The fourth-order valence-corrected chi connectivity index (χ4v) is 3.99. The highest BCUT2D eigenvalue weighted by molar-refractivity contribution is 14.0. The molecule has 27 heavy (non-hydrogen) atoms. The van der Waals surface area contributed by atoms with Crippen LogP contribution in [0.1, 0.15) is 44.7 Å². The van der Waals surface area contributed by atoms with Crippen molar-refractivity contribution >= 4 is 51.6 Å². The van der Waals surface area contributed by atoms with Crippen LogP contribution in [0.2, 0.25) is 5.02 Å². The van der Waals surface area contributed by atoms with E-state index in [0.29, 0.717) is 30.0 Å². The highest BCUT2D eigenvalue weighted by atomic mass is 127. The van der Waals surface area contributed by atoms with E-state index in [1.807, 2.05) is 38.1 Å². The first-order chi connectivity index (χ1) is 12.4. The highest BCUT2D eigenvalue weighted by Crippen LogP contribution is 2.25. The van der Waals surface area contributed by atoms with E-state index in [1.54, 1.807) is 0 Å². The minimum absolute atomic E-state index is 0. The maximum Gasteiger partial charge on any atom is 0.213 e. The van der Waals surface area contributed by atoms with Crippen molar-refractivity contribution in [2.75, 3.05) is 25.4 Å². The number of aliphatic imine (C=N–C) groups is 1. The van der Waals surface area contributed by atoms with Gasteiger partial charge in [-0.15, -0.1) is 24.0 Å². The summed E-state index contributed by atoms with van der Waals surface area (Å²) in [4.78, 5) is 4.39. The monoisotopic (exact) mass is 528 g/mol. The molecule has 1 aliphatic carbocycles. The Bertz CT molecular complexity index is 711. The number of benzene rings is 1. The predicted octanol–water partition coefficient (Wildman–Crippen LogP) is 3.29. The van der Waals surface area contributed by atoms with Gasteiger partial charge in [0.15, 0.2) is 5.96 Å². The van der Waals surface area contributed by atoms with Crippen LogP contribution in [0.3, 0.4) is 0 Å². The van der Waals surface area contributed by atoms with Crippen LogP contribution in [0.5, 0.6) is 0 Å². The van der Waals surface area contributed by atoms with Gasteiger partial charge < -0.3 is 10.6 Å². The third-order valence-corrected chi connectivity index (χ3v) is 6.19. The van der Waals surface area contributed by atoms with Crippen molar-refractivity contribution < 1.29 is 8.42 Å². The topological polar surface area (TPSA) is 82.6 Å². The molecular formula is C18H30ClIN4O2S. The van der Waals surface area contributed by atoms with Crippen LogP contribution in [0, 0.1) is 5.92 Å². The Morgan fingerprint density at radius 1 is 1.33 bits per heavy atom. The fraction of sp³-hybridized carbons (Fsp3) is 0.611. The molecule has 0 amide bonds. The number of nitrogens with one attached hydrogen (secondary N) is 3. The van der Waals surface area contributed by atoms with E-state index >= 15 is 0 Å². The van der Waals surface area contributed by atoms with Crippen molar-refractivity contribution in [2.45, 2.75) is 39.2 Å². The van der Waals surface area contributed by atoms with E-state index in [2.05, 4.69) is 20.3 Å². The lowest BCUT2D eigenvalue weighted by atomic mass is 9.86. The largest absolute Gasteiger partial charge is 0.357 e. The zero-order chi connectivity index (χ0) is 19.0. The molecule has 1 atom stereocenters. The molecule has 0 radical (unpaired) electrons. The summed E-state index contributed by atoms with van der Waals surface area (Å²) < 4.78 is 26.8. The molecule has 1 unspecified atom stereocenters. The normalized spacial score (nSPS) is 16.2. The minimum atomic E-state index is -3.28. The summed E-state index contributed by atoms with van der Waals surface area (Å²) >= 11 is 6.23. The summed E-state index contributed by atoms with van der Waals surface area (Å²) in [6, 6.07) is 7.58. The Morgan fingerprint density at radius 2 is 2.04 bits per heavy atom. The Balaban J connectivity index is 0.00000364. The number of hydrogen-bond donors (Lipinski definition) is 3. The van der Waals surface area contributed by atoms with Gasteiger partial charge in [-0.3, -0.25) is 4.99 Å².